The molecular formula is C16H28N4O2. The van der Waals surface area contributed by atoms with E-state index in [1.807, 2.05) is 45.3 Å². The molecule has 1 rings (SSSR count). The quantitative estimate of drug-likeness (QED) is 0.527. The Morgan fingerprint density at radius 3 is 2.77 bits per heavy atom. The first-order valence-corrected chi connectivity index (χ1v) is 7.43. The summed E-state index contributed by atoms with van der Waals surface area (Å²) in [5.74, 6) is 1.26. The number of nitrogens with one attached hydrogen (secondary N) is 1. The molecule has 22 heavy (non-hydrogen) atoms. The second kappa shape index (κ2) is 10.0. The highest BCUT2D eigenvalue weighted by molar-refractivity contribution is 5.78. The van der Waals surface area contributed by atoms with E-state index in [1.54, 1.807) is 7.11 Å². The summed E-state index contributed by atoms with van der Waals surface area (Å²) >= 11 is 0. The van der Waals surface area contributed by atoms with Gasteiger partial charge in [-0.15, -0.1) is 0 Å². The molecule has 6 heteroatoms. The average Bonchev–Trinajstić information content (AvgIpc) is 2.46. The molecule has 0 saturated carbocycles. The van der Waals surface area contributed by atoms with E-state index in [0.29, 0.717) is 25.7 Å². The average molecular weight is 308 g/mol. The fourth-order valence-electron chi connectivity index (χ4n) is 1.87. The zero-order valence-corrected chi connectivity index (χ0v) is 14.0. The van der Waals surface area contributed by atoms with Crippen molar-refractivity contribution in [1.29, 1.82) is 0 Å². The van der Waals surface area contributed by atoms with Crippen LogP contribution in [0.3, 0.4) is 0 Å². The predicted molar refractivity (Wildman–Crippen MR) is 90.3 cm³/mol. The Balaban J connectivity index is 2.57. The monoisotopic (exact) mass is 308 g/mol. The number of hydrogen-bond acceptors (Lipinski definition) is 4. The number of para-hydroxylation sites is 1. The van der Waals surface area contributed by atoms with Crippen LogP contribution in [0.25, 0.3) is 0 Å². The van der Waals surface area contributed by atoms with Crippen molar-refractivity contribution in [3.8, 4) is 5.75 Å². The number of aliphatic imine (C=N–C) groups is 1. The van der Waals surface area contributed by atoms with Crippen LogP contribution in [0.1, 0.15) is 12.5 Å². The molecule has 0 bridgehead atoms. The zero-order valence-electron chi connectivity index (χ0n) is 14.0. The molecule has 1 atom stereocenters. The fourth-order valence-corrected chi connectivity index (χ4v) is 1.87. The Labute approximate surface area is 133 Å². The van der Waals surface area contributed by atoms with Crippen molar-refractivity contribution in [3.63, 3.8) is 0 Å². The molecule has 1 aromatic rings. The summed E-state index contributed by atoms with van der Waals surface area (Å²) in [6.07, 6.45) is 0. The third kappa shape index (κ3) is 7.28. The van der Waals surface area contributed by atoms with Crippen LogP contribution in [0, 0.1) is 0 Å². The number of nitrogens with two attached hydrogens (primary N) is 1. The van der Waals surface area contributed by atoms with Crippen molar-refractivity contribution >= 4 is 5.96 Å². The highest BCUT2D eigenvalue weighted by Crippen LogP contribution is 2.18. The summed E-state index contributed by atoms with van der Waals surface area (Å²) in [5, 5.41) is 3.08. The van der Waals surface area contributed by atoms with Crippen molar-refractivity contribution in [2.75, 3.05) is 41.0 Å². The molecule has 0 aliphatic heterocycles. The Morgan fingerprint density at radius 2 is 2.09 bits per heavy atom. The summed E-state index contributed by atoms with van der Waals surface area (Å²) in [6.45, 7) is 4.57. The van der Waals surface area contributed by atoms with Gasteiger partial charge < -0.3 is 25.4 Å². The zero-order chi connectivity index (χ0) is 16.4. The number of ether oxygens (including phenoxy) is 2. The van der Waals surface area contributed by atoms with Gasteiger partial charge >= 0.3 is 0 Å². The molecule has 0 radical (unpaired) electrons. The third-order valence-electron chi connectivity index (χ3n) is 3.00. The number of hydrogen-bond donors (Lipinski definition) is 2. The standard InChI is InChI=1S/C16H28N4O2/c1-13(12-21-4)19-16(17)18-11-14-7-5-6-8-15(14)22-10-9-20(2)3/h5-8,13H,9-12H2,1-4H3,(H3,17,18,19). The van der Waals surface area contributed by atoms with Crippen molar-refractivity contribution < 1.29 is 9.47 Å². The predicted octanol–water partition coefficient (Wildman–Crippen LogP) is 1.07. The maximum Gasteiger partial charge on any atom is 0.189 e. The highest BCUT2D eigenvalue weighted by Gasteiger charge is 2.05. The highest BCUT2D eigenvalue weighted by atomic mass is 16.5. The van der Waals surface area contributed by atoms with Crippen LogP contribution in [0.4, 0.5) is 0 Å². The van der Waals surface area contributed by atoms with Gasteiger partial charge in [-0.1, -0.05) is 18.2 Å². The SMILES string of the molecule is COCC(C)NC(N)=NCc1ccccc1OCCN(C)C. The summed E-state index contributed by atoms with van der Waals surface area (Å²) in [5.41, 5.74) is 6.90. The lowest BCUT2D eigenvalue weighted by Gasteiger charge is -2.14. The van der Waals surface area contributed by atoms with E-state index >= 15 is 0 Å². The summed E-state index contributed by atoms with van der Waals surface area (Å²) < 4.78 is 10.9. The first-order chi connectivity index (χ1) is 10.5. The van der Waals surface area contributed by atoms with Crippen LogP contribution in [-0.4, -0.2) is 57.9 Å². The second-order valence-corrected chi connectivity index (χ2v) is 5.46. The number of likely N-dealkylation sites (N-methyl/N-ethyl adjacent to an activating group) is 1. The molecule has 1 aromatic carbocycles. The third-order valence-corrected chi connectivity index (χ3v) is 3.00. The maximum absolute atomic E-state index is 5.88. The minimum absolute atomic E-state index is 0.125. The van der Waals surface area contributed by atoms with Gasteiger partial charge in [0, 0.05) is 25.3 Å². The molecule has 0 aliphatic rings. The van der Waals surface area contributed by atoms with Crippen LogP contribution in [0.5, 0.6) is 5.75 Å². The number of rotatable bonds is 9. The number of nitrogens with zero attached hydrogens (tertiary/aromatic N) is 2. The van der Waals surface area contributed by atoms with Crippen LogP contribution in [-0.2, 0) is 11.3 Å². The van der Waals surface area contributed by atoms with Gasteiger partial charge in [0.05, 0.1) is 13.2 Å². The van der Waals surface area contributed by atoms with E-state index in [4.69, 9.17) is 15.2 Å². The van der Waals surface area contributed by atoms with Crippen molar-refractivity contribution in [2.24, 2.45) is 10.7 Å². The van der Waals surface area contributed by atoms with Crippen molar-refractivity contribution in [1.82, 2.24) is 10.2 Å². The van der Waals surface area contributed by atoms with Gasteiger partial charge in [-0.3, -0.25) is 0 Å². The van der Waals surface area contributed by atoms with E-state index in [-0.39, 0.29) is 6.04 Å². The first kappa shape index (κ1) is 18.3. The maximum atomic E-state index is 5.88. The van der Waals surface area contributed by atoms with Gasteiger partial charge in [0.2, 0.25) is 0 Å². The fraction of sp³-hybridized carbons (Fsp3) is 0.562. The van der Waals surface area contributed by atoms with Crippen molar-refractivity contribution in [2.45, 2.75) is 19.5 Å². The normalized spacial score (nSPS) is 13.2. The van der Waals surface area contributed by atoms with Gasteiger partial charge in [-0.25, -0.2) is 4.99 Å². The van der Waals surface area contributed by atoms with Crippen molar-refractivity contribution in [3.05, 3.63) is 29.8 Å². The van der Waals surface area contributed by atoms with Crippen LogP contribution >= 0.6 is 0 Å². The Kier molecular flexibility index (Phi) is 8.32. The minimum Gasteiger partial charge on any atom is -0.492 e. The number of methoxy groups -OCH3 is 1. The van der Waals surface area contributed by atoms with Gasteiger partial charge in [0.15, 0.2) is 5.96 Å². The van der Waals surface area contributed by atoms with E-state index < -0.39 is 0 Å². The summed E-state index contributed by atoms with van der Waals surface area (Å²) in [6, 6.07) is 8.01. The van der Waals surface area contributed by atoms with Crippen LogP contribution in [0.2, 0.25) is 0 Å². The molecule has 0 saturated heterocycles. The molecule has 124 valence electrons. The largest absolute Gasteiger partial charge is 0.492 e. The molecule has 0 aromatic heterocycles. The summed E-state index contributed by atoms with van der Waals surface area (Å²) in [4.78, 5) is 6.44. The Bertz CT molecular complexity index is 463. The molecule has 1 unspecified atom stereocenters. The smallest absolute Gasteiger partial charge is 0.189 e. The van der Waals surface area contributed by atoms with E-state index in [1.165, 1.54) is 0 Å². The molecule has 6 nitrogen and oxygen atoms in total. The lowest BCUT2D eigenvalue weighted by Crippen LogP contribution is -2.40. The molecule has 0 spiro atoms. The van der Waals surface area contributed by atoms with Gasteiger partial charge in [0.1, 0.15) is 12.4 Å². The molecule has 3 N–H and O–H groups in total. The van der Waals surface area contributed by atoms with Crippen LogP contribution < -0.4 is 15.8 Å². The van der Waals surface area contributed by atoms with Gasteiger partial charge in [0.25, 0.3) is 0 Å². The van der Waals surface area contributed by atoms with E-state index in [2.05, 4.69) is 15.2 Å². The molecule has 0 amide bonds. The lowest BCUT2D eigenvalue weighted by molar-refractivity contribution is 0.179. The molecule has 0 heterocycles. The Morgan fingerprint density at radius 1 is 1.36 bits per heavy atom. The van der Waals surface area contributed by atoms with E-state index in [0.717, 1.165) is 17.9 Å². The first-order valence-electron chi connectivity index (χ1n) is 7.43. The van der Waals surface area contributed by atoms with Gasteiger partial charge in [-0.05, 0) is 27.1 Å². The lowest BCUT2D eigenvalue weighted by atomic mass is 10.2. The molecule has 0 aliphatic carbocycles. The van der Waals surface area contributed by atoms with E-state index in [9.17, 15) is 0 Å². The summed E-state index contributed by atoms with van der Waals surface area (Å²) in [7, 11) is 5.70. The number of guanidine groups is 1. The number of benzene rings is 1. The topological polar surface area (TPSA) is 72.1 Å². The molecular weight excluding hydrogens is 280 g/mol. The minimum atomic E-state index is 0.125. The van der Waals surface area contributed by atoms with Crippen LogP contribution in [0.15, 0.2) is 29.3 Å². The van der Waals surface area contributed by atoms with Gasteiger partial charge in [-0.2, -0.15) is 0 Å². The second-order valence-electron chi connectivity index (χ2n) is 5.46. The molecule has 0 fully saturated rings. The Hall–Kier alpha value is -1.79.